The number of hydrogen-bond acceptors (Lipinski definition) is 6. The largest absolute Gasteiger partial charge is 0.481 e. The zero-order valence-electron chi connectivity index (χ0n) is 19.8. The zero-order chi connectivity index (χ0) is 24.9. The van der Waals surface area contributed by atoms with Crippen molar-refractivity contribution in [2.75, 3.05) is 12.4 Å². The lowest BCUT2D eigenvalue weighted by Crippen LogP contribution is -2.51. The van der Waals surface area contributed by atoms with E-state index in [1.165, 1.54) is 13.3 Å². The summed E-state index contributed by atoms with van der Waals surface area (Å²) in [5.74, 6) is -3.24. The molecule has 2 amide bonds. The SMILES string of the molecule is COc1ncccc1Cn1cc(NC(=O)C(NC(=O)OC(C)(C)C)C2CCC(F)(F)CC2)cn1. The van der Waals surface area contributed by atoms with Crippen LogP contribution < -0.4 is 15.4 Å². The average molecular weight is 480 g/mol. The van der Waals surface area contributed by atoms with Crippen molar-refractivity contribution in [3.05, 3.63) is 36.3 Å². The van der Waals surface area contributed by atoms with Crippen molar-refractivity contribution in [2.24, 2.45) is 5.92 Å². The van der Waals surface area contributed by atoms with E-state index in [0.717, 1.165) is 5.56 Å². The molecule has 0 bridgehead atoms. The minimum absolute atomic E-state index is 0.112. The first-order valence-corrected chi connectivity index (χ1v) is 11.1. The second-order valence-corrected chi connectivity index (χ2v) is 9.40. The Morgan fingerprint density at radius 3 is 2.65 bits per heavy atom. The Labute approximate surface area is 197 Å². The van der Waals surface area contributed by atoms with Crippen molar-refractivity contribution >= 4 is 17.7 Å². The van der Waals surface area contributed by atoms with Gasteiger partial charge in [-0.3, -0.25) is 9.48 Å². The number of nitrogens with zero attached hydrogens (tertiary/aromatic N) is 3. The van der Waals surface area contributed by atoms with Crippen molar-refractivity contribution in [3.63, 3.8) is 0 Å². The summed E-state index contributed by atoms with van der Waals surface area (Å²) >= 11 is 0. The third kappa shape index (κ3) is 7.13. The summed E-state index contributed by atoms with van der Waals surface area (Å²) in [5, 5.41) is 9.57. The number of rotatable bonds is 7. The van der Waals surface area contributed by atoms with Gasteiger partial charge in [0.15, 0.2) is 0 Å². The first kappa shape index (κ1) is 25.4. The van der Waals surface area contributed by atoms with E-state index in [2.05, 4.69) is 20.7 Å². The molecular weight excluding hydrogens is 448 g/mol. The molecule has 2 N–H and O–H groups in total. The van der Waals surface area contributed by atoms with E-state index in [1.807, 2.05) is 6.07 Å². The number of ether oxygens (including phenoxy) is 2. The number of carbonyl (C=O) groups excluding carboxylic acids is 2. The number of hydrogen-bond donors (Lipinski definition) is 2. The van der Waals surface area contributed by atoms with Crippen molar-refractivity contribution in [1.29, 1.82) is 0 Å². The third-order valence-corrected chi connectivity index (χ3v) is 5.46. The smallest absolute Gasteiger partial charge is 0.408 e. The average Bonchev–Trinajstić information content (AvgIpc) is 3.18. The van der Waals surface area contributed by atoms with Gasteiger partial charge in [0.2, 0.25) is 17.7 Å². The standard InChI is InChI=1S/C23H31F2N5O4/c1-22(2,3)34-21(32)29-18(15-7-9-23(24,25)10-8-15)19(31)28-17-12-27-30(14-17)13-16-6-5-11-26-20(16)33-4/h5-6,11-12,14-15,18H,7-10,13H2,1-4H3,(H,28,31)(H,29,32). The van der Waals surface area contributed by atoms with Gasteiger partial charge in [0, 0.05) is 30.8 Å². The van der Waals surface area contributed by atoms with Crippen LogP contribution >= 0.6 is 0 Å². The molecule has 1 unspecified atom stereocenters. The highest BCUT2D eigenvalue weighted by Gasteiger charge is 2.40. The number of halogens is 2. The van der Waals surface area contributed by atoms with Crippen LogP contribution in [0.3, 0.4) is 0 Å². The Hall–Kier alpha value is -3.24. The number of aromatic nitrogens is 3. The molecule has 1 aliphatic rings. The van der Waals surface area contributed by atoms with Gasteiger partial charge in [0.25, 0.3) is 0 Å². The molecule has 2 aromatic heterocycles. The molecule has 1 aliphatic carbocycles. The van der Waals surface area contributed by atoms with Crippen LogP contribution in [0, 0.1) is 5.92 Å². The summed E-state index contributed by atoms with van der Waals surface area (Å²) in [4.78, 5) is 29.6. The molecule has 1 fully saturated rings. The molecule has 9 nitrogen and oxygen atoms in total. The minimum Gasteiger partial charge on any atom is -0.481 e. The summed E-state index contributed by atoms with van der Waals surface area (Å²) < 4.78 is 39.5. The summed E-state index contributed by atoms with van der Waals surface area (Å²) in [6.45, 7) is 5.47. The molecule has 11 heteroatoms. The Bertz CT molecular complexity index is 995. The lowest BCUT2D eigenvalue weighted by molar-refractivity contribution is -0.121. The second kappa shape index (κ2) is 10.4. The van der Waals surface area contributed by atoms with Gasteiger partial charge in [-0.05, 0) is 45.6 Å². The highest BCUT2D eigenvalue weighted by Crippen LogP contribution is 2.37. The molecule has 0 radical (unpaired) electrons. The molecular formula is C23H31F2N5O4. The quantitative estimate of drug-likeness (QED) is 0.622. The zero-order valence-corrected chi connectivity index (χ0v) is 19.8. The number of nitrogens with one attached hydrogen (secondary N) is 2. The van der Waals surface area contributed by atoms with Crippen LogP contribution in [0.15, 0.2) is 30.7 Å². The van der Waals surface area contributed by atoms with Gasteiger partial charge in [-0.1, -0.05) is 6.07 Å². The maximum atomic E-state index is 13.7. The first-order valence-electron chi connectivity index (χ1n) is 11.1. The third-order valence-electron chi connectivity index (χ3n) is 5.46. The summed E-state index contributed by atoms with van der Waals surface area (Å²) in [7, 11) is 1.53. The summed E-state index contributed by atoms with van der Waals surface area (Å²) in [5.41, 5.74) is 0.447. The monoisotopic (exact) mass is 479 g/mol. The molecule has 0 spiro atoms. The van der Waals surface area contributed by atoms with Gasteiger partial charge in [0.05, 0.1) is 25.5 Å². The Kier molecular flexibility index (Phi) is 7.73. The van der Waals surface area contributed by atoms with Gasteiger partial charge >= 0.3 is 6.09 Å². The number of methoxy groups -OCH3 is 1. The maximum Gasteiger partial charge on any atom is 0.408 e. The lowest BCUT2D eigenvalue weighted by Gasteiger charge is -2.33. The van der Waals surface area contributed by atoms with Gasteiger partial charge < -0.3 is 20.1 Å². The molecule has 34 heavy (non-hydrogen) atoms. The van der Waals surface area contributed by atoms with Crippen molar-refractivity contribution in [1.82, 2.24) is 20.1 Å². The summed E-state index contributed by atoms with van der Waals surface area (Å²) in [6.07, 6.45) is 3.51. The Morgan fingerprint density at radius 1 is 1.29 bits per heavy atom. The van der Waals surface area contributed by atoms with E-state index in [9.17, 15) is 18.4 Å². The predicted molar refractivity (Wildman–Crippen MR) is 121 cm³/mol. The topological polar surface area (TPSA) is 107 Å². The van der Waals surface area contributed by atoms with Gasteiger partial charge in [0.1, 0.15) is 11.6 Å². The molecule has 0 aromatic carbocycles. The van der Waals surface area contributed by atoms with Crippen LogP contribution in [-0.2, 0) is 16.1 Å². The van der Waals surface area contributed by atoms with Gasteiger partial charge in [-0.25, -0.2) is 18.6 Å². The van der Waals surface area contributed by atoms with E-state index < -0.39 is 35.5 Å². The minimum atomic E-state index is -2.75. The van der Waals surface area contributed by atoms with Gasteiger partial charge in [-0.15, -0.1) is 0 Å². The maximum absolute atomic E-state index is 13.7. The first-order chi connectivity index (χ1) is 16.0. The molecule has 1 saturated carbocycles. The lowest BCUT2D eigenvalue weighted by atomic mass is 9.81. The molecule has 1 atom stereocenters. The van der Waals surface area contributed by atoms with Crippen LogP contribution in [0.5, 0.6) is 5.88 Å². The molecule has 0 saturated heterocycles. The highest BCUT2D eigenvalue weighted by atomic mass is 19.3. The van der Waals surface area contributed by atoms with E-state index in [0.29, 0.717) is 18.1 Å². The normalized spacial score (nSPS) is 17.0. The fourth-order valence-electron chi connectivity index (χ4n) is 3.87. The highest BCUT2D eigenvalue weighted by molar-refractivity contribution is 5.96. The number of alkyl carbamates (subject to hydrolysis) is 1. The van der Waals surface area contributed by atoms with E-state index in [1.54, 1.807) is 43.9 Å². The number of carbonyl (C=O) groups is 2. The molecule has 3 rings (SSSR count). The van der Waals surface area contributed by atoms with Crippen molar-refractivity contribution in [2.45, 2.75) is 70.6 Å². The molecule has 0 aliphatic heterocycles. The Balaban J connectivity index is 1.70. The fraction of sp³-hybridized carbons (Fsp3) is 0.565. The van der Waals surface area contributed by atoms with Crippen LogP contribution in [0.4, 0.5) is 19.3 Å². The molecule has 2 heterocycles. The van der Waals surface area contributed by atoms with Crippen molar-refractivity contribution in [3.8, 4) is 5.88 Å². The van der Waals surface area contributed by atoms with E-state index >= 15 is 0 Å². The second-order valence-electron chi connectivity index (χ2n) is 9.40. The van der Waals surface area contributed by atoms with Crippen LogP contribution in [0.2, 0.25) is 0 Å². The van der Waals surface area contributed by atoms with Crippen LogP contribution in [0.25, 0.3) is 0 Å². The number of amides is 2. The summed E-state index contributed by atoms with van der Waals surface area (Å²) in [6, 6.07) is 2.61. The van der Waals surface area contributed by atoms with Crippen molar-refractivity contribution < 1.29 is 27.8 Å². The van der Waals surface area contributed by atoms with E-state index in [4.69, 9.17) is 9.47 Å². The number of anilines is 1. The molecule has 2 aromatic rings. The fourth-order valence-corrected chi connectivity index (χ4v) is 3.87. The van der Waals surface area contributed by atoms with Crippen LogP contribution in [-0.4, -0.2) is 51.4 Å². The van der Waals surface area contributed by atoms with E-state index in [-0.39, 0.29) is 25.7 Å². The Morgan fingerprint density at radius 2 is 2.00 bits per heavy atom. The molecule has 186 valence electrons. The number of alkyl halides is 2. The van der Waals surface area contributed by atoms with Crippen LogP contribution in [0.1, 0.15) is 52.0 Å². The predicted octanol–water partition coefficient (Wildman–Crippen LogP) is 3.99. The van der Waals surface area contributed by atoms with Gasteiger partial charge in [-0.2, -0.15) is 5.10 Å². The number of pyridine rings is 1.